The van der Waals surface area contributed by atoms with Crippen LogP contribution in [0.25, 0.3) is 16.7 Å². The number of carboxylic acids is 1. The zero-order valence-corrected chi connectivity index (χ0v) is 13.9. The molecule has 7 nitrogen and oxygen atoms in total. The average molecular weight is 386 g/mol. The molecule has 0 amide bonds. The van der Waals surface area contributed by atoms with Crippen molar-refractivity contribution >= 4 is 34.4 Å². The third kappa shape index (κ3) is 3.40. The number of aliphatic carboxylic acids is 1. The van der Waals surface area contributed by atoms with Crippen molar-refractivity contribution in [2.45, 2.75) is 19.1 Å². The molecule has 1 atom stereocenters. The molecule has 0 fully saturated rings. The highest BCUT2D eigenvalue weighted by Crippen LogP contribution is 2.31. The number of rotatable bonds is 4. The molecule has 0 radical (unpaired) electrons. The van der Waals surface area contributed by atoms with Crippen LogP contribution in [0.1, 0.15) is 12.7 Å². The predicted octanol–water partition coefficient (Wildman–Crippen LogP) is 3.37. The summed E-state index contributed by atoms with van der Waals surface area (Å²) in [7, 11) is 0. The molecule has 2 aromatic heterocycles. The monoisotopic (exact) mass is 385 g/mol. The molecule has 26 heavy (non-hydrogen) atoms. The Morgan fingerprint density at radius 3 is 2.69 bits per heavy atom. The van der Waals surface area contributed by atoms with Gasteiger partial charge in [0.05, 0.1) is 17.3 Å². The van der Waals surface area contributed by atoms with E-state index in [0.29, 0.717) is 10.7 Å². The van der Waals surface area contributed by atoms with E-state index < -0.39 is 24.0 Å². The first-order valence-electron chi connectivity index (χ1n) is 7.25. The first-order chi connectivity index (χ1) is 12.2. The Morgan fingerprint density at radius 2 is 2.08 bits per heavy atom. The van der Waals surface area contributed by atoms with Crippen LogP contribution in [0.2, 0.25) is 5.02 Å². The molecule has 3 aromatic rings. The summed E-state index contributed by atoms with van der Waals surface area (Å²) in [5.41, 5.74) is 0.270. The molecule has 3 rings (SSSR count). The zero-order chi connectivity index (χ0) is 19.1. The summed E-state index contributed by atoms with van der Waals surface area (Å²) in [5.74, 6) is -2.92. The van der Waals surface area contributed by atoms with Crippen LogP contribution in [0.3, 0.4) is 0 Å². The van der Waals surface area contributed by atoms with E-state index in [1.54, 1.807) is 18.2 Å². The van der Waals surface area contributed by atoms with Crippen LogP contribution in [0.4, 0.5) is 19.0 Å². The Bertz CT molecular complexity index is 989. The van der Waals surface area contributed by atoms with Gasteiger partial charge in [-0.3, -0.25) is 4.79 Å². The maximum Gasteiger partial charge on any atom is 0.451 e. The molecule has 0 aliphatic heterocycles. The fraction of sp³-hybridized carbons (Fsp3) is 0.200. The fourth-order valence-corrected chi connectivity index (χ4v) is 2.39. The van der Waals surface area contributed by atoms with Gasteiger partial charge in [0, 0.05) is 5.02 Å². The Morgan fingerprint density at radius 1 is 1.35 bits per heavy atom. The second kappa shape index (κ2) is 6.45. The summed E-state index contributed by atoms with van der Waals surface area (Å²) in [6, 6.07) is 5.16. The number of fused-ring (bicyclic) bond motifs is 1. The quantitative estimate of drug-likeness (QED) is 0.715. The van der Waals surface area contributed by atoms with Crippen molar-refractivity contribution in [2.24, 2.45) is 0 Å². The lowest BCUT2D eigenvalue weighted by molar-refractivity contribution is -0.144. The minimum atomic E-state index is -4.82. The van der Waals surface area contributed by atoms with Crippen LogP contribution >= 0.6 is 11.6 Å². The van der Waals surface area contributed by atoms with Crippen LogP contribution < -0.4 is 5.32 Å². The van der Waals surface area contributed by atoms with Crippen LogP contribution in [0, 0.1) is 0 Å². The van der Waals surface area contributed by atoms with Crippen molar-refractivity contribution in [3.63, 3.8) is 0 Å². The third-order valence-electron chi connectivity index (χ3n) is 3.46. The lowest BCUT2D eigenvalue weighted by Gasteiger charge is -2.13. The van der Waals surface area contributed by atoms with E-state index >= 15 is 0 Å². The standard InChI is InChI=1S/C15H11ClF3N5O2/c1-7(13(25)26)21-11-10-6-20-24(9-4-2-3-8(16)5-9)12(10)23-14(22-11)15(17,18)19/h2-7H,1H3,(H,25,26)(H,21,22,23)/t7-/m0/s1. The highest BCUT2D eigenvalue weighted by Gasteiger charge is 2.36. The highest BCUT2D eigenvalue weighted by molar-refractivity contribution is 6.30. The summed E-state index contributed by atoms with van der Waals surface area (Å²) in [4.78, 5) is 18.0. The molecular formula is C15H11ClF3N5O2. The average Bonchev–Trinajstić information content (AvgIpc) is 2.98. The predicted molar refractivity (Wildman–Crippen MR) is 87.4 cm³/mol. The van der Waals surface area contributed by atoms with Gasteiger partial charge in [-0.1, -0.05) is 17.7 Å². The molecule has 0 unspecified atom stereocenters. The van der Waals surface area contributed by atoms with E-state index in [1.165, 1.54) is 23.9 Å². The summed E-state index contributed by atoms with van der Waals surface area (Å²) in [6.07, 6.45) is -3.56. The number of nitrogens with one attached hydrogen (secondary N) is 1. The molecule has 0 saturated heterocycles. The number of hydrogen-bond acceptors (Lipinski definition) is 5. The van der Waals surface area contributed by atoms with Gasteiger partial charge in [0.25, 0.3) is 0 Å². The van der Waals surface area contributed by atoms with Crippen LogP contribution in [0.5, 0.6) is 0 Å². The van der Waals surface area contributed by atoms with Crippen LogP contribution in [-0.2, 0) is 11.0 Å². The molecule has 2 N–H and O–H groups in total. The molecule has 0 bridgehead atoms. The second-order valence-corrected chi connectivity index (χ2v) is 5.81. The van der Waals surface area contributed by atoms with Crippen molar-refractivity contribution in [2.75, 3.05) is 5.32 Å². The lowest BCUT2D eigenvalue weighted by Crippen LogP contribution is -2.26. The third-order valence-corrected chi connectivity index (χ3v) is 3.69. The molecule has 0 spiro atoms. The highest BCUT2D eigenvalue weighted by atomic mass is 35.5. The molecule has 2 heterocycles. The molecule has 0 aliphatic rings. The van der Waals surface area contributed by atoms with Crippen LogP contribution in [0.15, 0.2) is 30.5 Å². The number of anilines is 1. The van der Waals surface area contributed by atoms with Crippen molar-refractivity contribution in [1.29, 1.82) is 0 Å². The van der Waals surface area contributed by atoms with E-state index in [-0.39, 0.29) is 16.9 Å². The topological polar surface area (TPSA) is 92.9 Å². The van der Waals surface area contributed by atoms with Gasteiger partial charge in [0.15, 0.2) is 5.65 Å². The Labute approximate surface area is 149 Å². The van der Waals surface area contributed by atoms with Crippen molar-refractivity contribution in [1.82, 2.24) is 19.7 Å². The minimum Gasteiger partial charge on any atom is -0.480 e. The van der Waals surface area contributed by atoms with Gasteiger partial charge in [0.1, 0.15) is 11.9 Å². The Balaban J connectivity index is 2.23. The normalized spacial score (nSPS) is 13.0. The number of alkyl halides is 3. The van der Waals surface area contributed by atoms with Crippen LogP contribution in [-0.4, -0.2) is 36.9 Å². The number of hydrogen-bond donors (Lipinski definition) is 2. The van der Waals surface area contributed by atoms with Gasteiger partial charge in [-0.05, 0) is 25.1 Å². The number of halogens is 4. The number of nitrogens with zero attached hydrogens (tertiary/aromatic N) is 4. The van der Waals surface area contributed by atoms with E-state index in [4.69, 9.17) is 16.7 Å². The van der Waals surface area contributed by atoms with Gasteiger partial charge in [-0.2, -0.15) is 18.3 Å². The minimum absolute atomic E-state index is 0.130. The largest absolute Gasteiger partial charge is 0.480 e. The summed E-state index contributed by atoms with van der Waals surface area (Å²) >= 11 is 5.92. The summed E-state index contributed by atoms with van der Waals surface area (Å²) < 4.78 is 40.7. The number of aromatic nitrogens is 4. The smallest absolute Gasteiger partial charge is 0.451 e. The Kier molecular flexibility index (Phi) is 4.45. The van der Waals surface area contributed by atoms with Gasteiger partial charge in [-0.25, -0.2) is 14.6 Å². The molecule has 136 valence electrons. The molecule has 0 aliphatic carbocycles. The number of carbonyl (C=O) groups is 1. The summed E-state index contributed by atoms with van der Waals surface area (Å²) in [5, 5.41) is 16.0. The maximum atomic E-state index is 13.2. The Hall–Kier alpha value is -2.88. The maximum absolute atomic E-state index is 13.2. The van der Waals surface area contributed by atoms with E-state index in [1.807, 2.05) is 0 Å². The molecule has 0 saturated carbocycles. The van der Waals surface area contributed by atoms with Gasteiger partial charge < -0.3 is 10.4 Å². The van der Waals surface area contributed by atoms with E-state index in [2.05, 4.69) is 20.4 Å². The second-order valence-electron chi connectivity index (χ2n) is 5.37. The van der Waals surface area contributed by atoms with E-state index in [0.717, 1.165) is 0 Å². The molecule has 11 heteroatoms. The van der Waals surface area contributed by atoms with Gasteiger partial charge >= 0.3 is 12.1 Å². The fourth-order valence-electron chi connectivity index (χ4n) is 2.21. The summed E-state index contributed by atoms with van der Waals surface area (Å²) in [6.45, 7) is 1.28. The number of carboxylic acid groups (broad SMARTS) is 1. The van der Waals surface area contributed by atoms with Gasteiger partial charge in [0.2, 0.25) is 5.82 Å². The van der Waals surface area contributed by atoms with Crippen molar-refractivity contribution in [3.8, 4) is 5.69 Å². The van der Waals surface area contributed by atoms with Crippen molar-refractivity contribution < 1.29 is 23.1 Å². The first-order valence-corrected chi connectivity index (χ1v) is 7.63. The lowest BCUT2D eigenvalue weighted by atomic mass is 10.3. The molecular weight excluding hydrogens is 375 g/mol. The molecule has 1 aromatic carbocycles. The van der Waals surface area contributed by atoms with E-state index in [9.17, 15) is 18.0 Å². The van der Waals surface area contributed by atoms with Crippen molar-refractivity contribution in [3.05, 3.63) is 41.3 Å². The van der Waals surface area contributed by atoms with Gasteiger partial charge in [-0.15, -0.1) is 0 Å². The zero-order valence-electron chi connectivity index (χ0n) is 13.1. The number of benzene rings is 1. The first kappa shape index (κ1) is 17.9. The SMILES string of the molecule is C[C@H](Nc1nc(C(F)(F)F)nc2c1cnn2-c1cccc(Cl)c1)C(=O)O.